The van der Waals surface area contributed by atoms with Crippen molar-refractivity contribution in [2.75, 3.05) is 24.5 Å². The number of anilines is 1. The maximum absolute atomic E-state index is 13.0. The third-order valence-electron chi connectivity index (χ3n) is 7.23. The number of rotatable bonds is 6. The number of ketones is 1. The topological polar surface area (TPSA) is 82.5 Å². The Bertz CT molecular complexity index is 1240. The molecule has 1 amide bonds. The molecular formula is C28H28ClN3O3. The van der Waals surface area contributed by atoms with Crippen LogP contribution in [0.5, 0.6) is 5.75 Å². The van der Waals surface area contributed by atoms with Gasteiger partial charge in [-0.1, -0.05) is 29.8 Å². The molecule has 1 aliphatic carbocycles. The van der Waals surface area contributed by atoms with E-state index in [1.54, 1.807) is 18.2 Å². The molecule has 0 bridgehead atoms. The highest BCUT2D eigenvalue weighted by atomic mass is 35.5. The quantitative estimate of drug-likeness (QED) is 0.509. The molecule has 3 aromatic rings. The van der Waals surface area contributed by atoms with Crippen LogP contribution in [0.2, 0.25) is 5.02 Å². The van der Waals surface area contributed by atoms with Crippen LogP contribution in [-0.2, 0) is 6.42 Å². The Morgan fingerprint density at radius 3 is 2.63 bits per heavy atom. The minimum Gasteiger partial charge on any atom is -0.507 e. The van der Waals surface area contributed by atoms with E-state index in [0.29, 0.717) is 35.0 Å². The summed E-state index contributed by atoms with van der Waals surface area (Å²) in [6, 6.07) is 14.4. The number of Topliss-reactive ketones (excluding diaryl/α,β-unsaturated/α-hetero) is 1. The molecule has 1 aromatic heterocycles. The number of fused-ring (bicyclic) bond motifs is 1. The fourth-order valence-corrected chi connectivity index (χ4v) is 5.53. The first-order valence-corrected chi connectivity index (χ1v) is 12.5. The van der Waals surface area contributed by atoms with Gasteiger partial charge in [-0.05, 0) is 73.1 Å². The minimum absolute atomic E-state index is 0.0410. The molecule has 0 saturated carbocycles. The first-order valence-electron chi connectivity index (χ1n) is 12.1. The third-order valence-corrected chi connectivity index (χ3v) is 7.55. The van der Waals surface area contributed by atoms with E-state index < -0.39 is 5.92 Å². The highest BCUT2D eigenvalue weighted by Gasteiger charge is 2.34. The van der Waals surface area contributed by atoms with Crippen LogP contribution in [0, 0.1) is 5.92 Å². The number of aromatic nitrogens is 1. The molecule has 1 aliphatic heterocycles. The fraction of sp³-hybridized carbons (Fsp3) is 0.321. The Hall–Kier alpha value is -3.38. The molecule has 180 valence electrons. The summed E-state index contributed by atoms with van der Waals surface area (Å²) in [7, 11) is 0. The van der Waals surface area contributed by atoms with Crippen molar-refractivity contribution in [3.63, 3.8) is 0 Å². The number of aromatic hydroxyl groups is 1. The van der Waals surface area contributed by atoms with Crippen molar-refractivity contribution in [1.29, 1.82) is 0 Å². The molecule has 2 heterocycles. The van der Waals surface area contributed by atoms with E-state index in [9.17, 15) is 14.7 Å². The van der Waals surface area contributed by atoms with Gasteiger partial charge < -0.3 is 15.3 Å². The number of carbonyl (C=O) groups is 2. The van der Waals surface area contributed by atoms with Crippen LogP contribution in [0.25, 0.3) is 0 Å². The maximum Gasteiger partial charge on any atom is 0.255 e. The van der Waals surface area contributed by atoms with E-state index in [1.165, 1.54) is 11.8 Å². The number of halogens is 1. The minimum atomic E-state index is -0.400. The predicted octanol–water partition coefficient (Wildman–Crippen LogP) is 5.00. The number of amides is 1. The molecule has 2 aromatic carbocycles. The smallest absolute Gasteiger partial charge is 0.255 e. The van der Waals surface area contributed by atoms with Crippen LogP contribution in [0.3, 0.4) is 0 Å². The lowest BCUT2D eigenvalue weighted by molar-refractivity contribution is 0.0942. The van der Waals surface area contributed by atoms with Crippen molar-refractivity contribution in [1.82, 2.24) is 10.3 Å². The second kappa shape index (κ2) is 10.1. The first-order chi connectivity index (χ1) is 17.0. The Labute approximate surface area is 209 Å². The summed E-state index contributed by atoms with van der Waals surface area (Å²) in [6.45, 7) is 2.53. The van der Waals surface area contributed by atoms with Crippen molar-refractivity contribution in [3.8, 4) is 5.75 Å². The molecule has 6 nitrogen and oxygen atoms in total. The number of hydrogen-bond acceptors (Lipinski definition) is 5. The average molecular weight is 490 g/mol. The van der Waals surface area contributed by atoms with Crippen molar-refractivity contribution < 1.29 is 14.7 Å². The van der Waals surface area contributed by atoms with Crippen LogP contribution < -0.4 is 10.2 Å². The van der Waals surface area contributed by atoms with Gasteiger partial charge in [-0.3, -0.25) is 14.6 Å². The van der Waals surface area contributed by atoms with E-state index in [1.807, 2.05) is 36.7 Å². The Morgan fingerprint density at radius 2 is 1.89 bits per heavy atom. The lowest BCUT2D eigenvalue weighted by atomic mass is 9.92. The van der Waals surface area contributed by atoms with Crippen LogP contribution in [-0.4, -0.2) is 41.4 Å². The summed E-state index contributed by atoms with van der Waals surface area (Å²) in [5.41, 5.74) is 3.60. The Morgan fingerprint density at radius 1 is 1.11 bits per heavy atom. The molecular weight excluding hydrogens is 462 g/mol. The van der Waals surface area contributed by atoms with Crippen LogP contribution in [0.4, 0.5) is 5.69 Å². The second-order valence-electron chi connectivity index (χ2n) is 9.35. The van der Waals surface area contributed by atoms with Gasteiger partial charge in [0.2, 0.25) is 0 Å². The summed E-state index contributed by atoms with van der Waals surface area (Å²) < 4.78 is 0. The van der Waals surface area contributed by atoms with Gasteiger partial charge in [-0.2, -0.15) is 0 Å². The van der Waals surface area contributed by atoms with E-state index in [-0.39, 0.29) is 23.0 Å². The number of phenols is 1. The van der Waals surface area contributed by atoms with Gasteiger partial charge in [0.05, 0.1) is 16.5 Å². The lowest BCUT2D eigenvalue weighted by Gasteiger charge is -2.33. The summed E-state index contributed by atoms with van der Waals surface area (Å²) in [5, 5.41) is 13.8. The normalized spacial score (nSPS) is 17.9. The molecule has 1 saturated heterocycles. The molecule has 7 heteroatoms. The molecule has 2 N–H and O–H groups in total. The lowest BCUT2D eigenvalue weighted by Crippen LogP contribution is -2.35. The standard InChI is InChI=1S/C28H28ClN3O3/c29-24-3-1-2-20-17-22(27(34)26(20)24)19-4-5-25(33)23(16-19)28(35)31-13-6-18-9-14-32(15-10-18)21-7-11-30-12-8-21/h1-5,7-8,11-12,16,18,22,33H,6,9-10,13-15,17H2,(H,31,35). The molecule has 0 radical (unpaired) electrons. The van der Waals surface area contributed by atoms with Gasteiger partial charge in [0.1, 0.15) is 5.75 Å². The monoisotopic (exact) mass is 489 g/mol. The zero-order valence-electron chi connectivity index (χ0n) is 19.4. The number of phenolic OH excluding ortho intramolecular Hbond substituents is 1. The van der Waals surface area contributed by atoms with E-state index in [0.717, 1.165) is 37.9 Å². The Kier molecular flexibility index (Phi) is 6.73. The van der Waals surface area contributed by atoms with Crippen LogP contribution in [0.1, 0.15) is 57.0 Å². The number of nitrogens with zero attached hydrogens (tertiary/aromatic N) is 2. The number of pyridine rings is 1. The van der Waals surface area contributed by atoms with Gasteiger partial charge in [-0.15, -0.1) is 0 Å². The van der Waals surface area contributed by atoms with Crippen molar-refractivity contribution in [2.24, 2.45) is 5.92 Å². The van der Waals surface area contributed by atoms with Crippen LogP contribution in [0.15, 0.2) is 60.9 Å². The number of benzene rings is 2. The van der Waals surface area contributed by atoms with Gasteiger partial charge >= 0.3 is 0 Å². The van der Waals surface area contributed by atoms with Crippen molar-refractivity contribution in [3.05, 3.63) is 88.2 Å². The van der Waals surface area contributed by atoms with Gasteiger partial charge in [0, 0.05) is 43.3 Å². The van der Waals surface area contributed by atoms with E-state index in [2.05, 4.69) is 15.2 Å². The number of nitrogens with one attached hydrogen (secondary N) is 1. The summed E-state index contributed by atoms with van der Waals surface area (Å²) >= 11 is 6.25. The average Bonchev–Trinajstić information content (AvgIpc) is 3.22. The van der Waals surface area contributed by atoms with Crippen molar-refractivity contribution in [2.45, 2.75) is 31.6 Å². The van der Waals surface area contributed by atoms with Gasteiger partial charge in [0.25, 0.3) is 5.91 Å². The molecule has 1 atom stereocenters. The number of piperidine rings is 1. The largest absolute Gasteiger partial charge is 0.507 e. The third kappa shape index (κ3) is 4.89. The highest BCUT2D eigenvalue weighted by molar-refractivity contribution is 6.34. The second-order valence-corrected chi connectivity index (χ2v) is 9.76. The van der Waals surface area contributed by atoms with Gasteiger partial charge in [-0.25, -0.2) is 0 Å². The summed E-state index contributed by atoms with van der Waals surface area (Å²) in [4.78, 5) is 32.3. The van der Waals surface area contributed by atoms with Crippen molar-refractivity contribution >= 4 is 29.0 Å². The maximum atomic E-state index is 13.0. The molecule has 2 aliphatic rings. The summed E-state index contributed by atoms with van der Waals surface area (Å²) in [6.07, 6.45) is 7.22. The predicted molar refractivity (Wildman–Crippen MR) is 136 cm³/mol. The van der Waals surface area contributed by atoms with E-state index >= 15 is 0 Å². The summed E-state index contributed by atoms with van der Waals surface area (Å²) in [5.74, 6) is -0.298. The van der Waals surface area contributed by atoms with Gasteiger partial charge in [0.15, 0.2) is 5.78 Å². The Balaban J connectivity index is 1.17. The zero-order valence-corrected chi connectivity index (χ0v) is 20.2. The molecule has 5 rings (SSSR count). The van der Waals surface area contributed by atoms with Crippen LogP contribution >= 0.6 is 11.6 Å². The fourth-order valence-electron chi connectivity index (χ4n) is 5.24. The molecule has 1 unspecified atom stereocenters. The molecule has 0 spiro atoms. The highest BCUT2D eigenvalue weighted by Crippen LogP contribution is 2.38. The van der Waals surface area contributed by atoms with E-state index in [4.69, 9.17) is 11.6 Å². The zero-order chi connectivity index (χ0) is 24.4. The number of hydrogen-bond donors (Lipinski definition) is 2. The first kappa shape index (κ1) is 23.4. The molecule has 1 fully saturated rings. The SMILES string of the molecule is O=C(NCCC1CCN(c2ccncc2)CC1)c1cc(C2Cc3cccc(Cl)c3C2=O)ccc1O. The molecule has 35 heavy (non-hydrogen) atoms. The number of carbonyl (C=O) groups excluding carboxylic acids is 2.